The van der Waals surface area contributed by atoms with Crippen LogP contribution in [0, 0.1) is 12.8 Å². The number of carbonyl (C=O) groups excluding carboxylic acids is 1. The molecule has 114 valence electrons. The quantitative estimate of drug-likeness (QED) is 0.901. The number of piperidine rings is 1. The van der Waals surface area contributed by atoms with Gasteiger partial charge >= 0.3 is 5.97 Å². The Bertz CT molecular complexity index is 529. The van der Waals surface area contributed by atoms with Crippen molar-refractivity contribution in [3.05, 3.63) is 35.4 Å². The molecule has 5 heteroatoms. The lowest BCUT2D eigenvalue weighted by Crippen LogP contribution is -2.46. The molecule has 2 unspecified atom stereocenters. The van der Waals surface area contributed by atoms with Gasteiger partial charge in [0.05, 0.1) is 18.6 Å². The van der Waals surface area contributed by atoms with Crippen LogP contribution in [0.1, 0.15) is 30.0 Å². The number of hydrogen-bond acceptors (Lipinski definition) is 3. The van der Waals surface area contributed by atoms with E-state index in [0.717, 1.165) is 11.1 Å². The fourth-order valence-corrected chi connectivity index (χ4v) is 2.93. The van der Waals surface area contributed by atoms with Crippen molar-refractivity contribution in [2.75, 3.05) is 20.3 Å². The average Bonchev–Trinajstić information content (AvgIpc) is 2.45. The van der Waals surface area contributed by atoms with Gasteiger partial charge in [-0.1, -0.05) is 29.8 Å². The van der Waals surface area contributed by atoms with Gasteiger partial charge in [0.2, 0.25) is 5.91 Å². The van der Waals surface area contributed by atoms with E-state index < -0.39 is 17.9 Å². The third-order valence-corrected chi connectivity index (χ3v) is 3.94. The molecule has 0 radical (unpaired) electrons. The number of carboxylic acid groups (broad SMARTS) is 1. The molecule has 5 nitrogen and oxygen atoms in total. The molecule has 0 saturated carbocycles. The zero-order valence-corrected chi connectivity index (χ0v) is 12.4. The smallest absolute Gasteiger partial charge is 0.308 e. The van der Waals surface area contributed by atoms with E-state index in [1.165, 1.54) is 0 Å². The van der Waals surface area contributed by atoms with E-state index in [0.29, 0.717) is 19.6 Å². The average molecular weight is 291 g/mol. The number of methoxy groups -OCH3 is 1. The summed E-state index contributed by atoms with van der Waals surface area (Å²) in [6.07, 6.45) is 0.666. The molecule has 1 heterocycles. The summed E-state index contributed by atoms with van der Waals surface area (Å²) < 4.78 is 5.06. The summed E-state index contributed by atoms with van der Waals surface area (Å²) in [7, 11) is 1.57. The third-order valence-electron chi connectivity index (χ3n) is 3.94. The van der Waals surface area contributed by atoms with E-state index in [-0.39, 0.29) is 12.3 Å². The van der Waals surface area contributed by atoms with Gasteiger partial charge in [-0.25, -0.2) is 0 Å². The van der Waals surface area contributed by atoms with Gasteiger partial charge in [0.1, 0.15) is 0 Å². The fourth-order valence-electron chi connectivity index (χ4n) is 2.93. The van der Waals surface area contributed by atoms with Crippen LogP contribution < -0.4 is 0 Å². The molecule has 1 fully saturated rings. The molecule has 1 aromatic rings. The minimum atomic E-state index is -0.851. The topological polar surface area (TPSA) is 66.8 Å². The second kappa shape index (κ2) is 6.72. The standard InChI is InChI=1S/C16H21NO4/c1-11-4-3-5-12(10-11)15-13(16(19)20)6-7-14(18)17(15)8-9-21-2/h3-5,10,13,15H,6-9H2,1-2H3,(H,19,20). The summed E-state index contributed by atoms with van der Waals surface area (Å²) in [5.41, 5.74) is 1.94. The Morgan fingerprint density at radius 3 is 2.86 bits per heavy atom. The molecular formula is C16H21NO4. The Balaban J connectivity index is 2.38. The molecule has 1 N–H and O–H groups in total. The predicted octanol–water partition coefficient (Wildman–Crippen LogP) is 2.01. The summed E-state index contributed by atoms with van der Waals surface area (Å²) in [6, 6.07) is 7.30. The summed E-state index contributed by atoms with van der Waals surface area (Å²) in [5, 5.41) is 9.50. The first-order valence-corrected chi connectivity index (χ1v) is 7.12. The molecule has 0 aromatic heterocycles. The van der Waals surface area contributed by atoms with E-state index in [1.807, 2.05) is 31.2 Å². The molecule has 0 aliphatic carbocycles. The lowest BCUT2D eigenvalue weighted by atomic mass is 9.84. The molecule has 1 saturated heterocycles. The van der Waals surface area contributed by atoms with Crippen molar-refractivity contribution in [3.63, 3.8) is 0 Å². The second-order valence-corrected chi connectivity index (χ2v) is 5.42. The van der Waals surface area contributed by atoms with E-state index in [9.17, 15) is 14.7 Å². The lowest BCUT2D eigenvalue weighted by molar-refractivity contribution is -0.152. The molecule has 0 spiro atoms. The Morgan fingerprint density at radius 2 is 2.24 bits per heavy atom. The number of rotatable bonds is 5. The number of ether oxygens (including phenoxy) is 1. The summed E-state index contributed by atoms with van der Waals surface area (Å²) in [6.45, 7) is 2.78. The van der Waals surface area contributed by atoms with Crippen LogP contribution in [0.2, 0.25) is 0 Å². The summed E-state index contributed by atoms with van der Waals surface area (Å²) in [5.74, 6) is -1.42. The van der Waals surface area contributed by atoms with Crippen LogP contribution in [-0.4, -0.2) is 42.1 Å². The van der Waals surface area contributed by atoms with Gasteiger partial charge < -0.3 is 14.7 Å². The van der Waals surface area contributed by atoms with Gasteiger partial charge in [-0.05, 0) is 18.9 Å². The molecule has 2 rings (SSSR count). The number of likely N-dealkylation sites (tertiary alicyclic amines) is 1. The maximum absolute atomic E-state index is 12.2. The maximum Gasteiger partial charge on any atom is 0.308 e. The predicted molar refractivity (Wildman–Crippen MR) is 77.9 cm³/mol. The molecule has 2 atom stereocenters. The van der Waals surface area contributed by atoms with E-state index in [1.54, 1.807) is 12.0 Å². The van der Waals surface area contributed by atoms with Gasteiger partial charge in [0.25, 0.3) is 0 Å². The van der Waals surface area contributed by atoms with Crippen molar-refractivity contribution < 1.29 is 19.4 Å². The van der Waals surface area contributed by atoms with Crippen LogP contribution in [0.3, 0.4) is 0 Å². The van der Waals surface area contributed by atoms with Crippen molar-refractivity contribution in [2.24, 2.45) is 5.92 Å². The first-order valence-electron chi connectivity index (χ1n) is 7.12. The second-order valence-electron chi connectivity index (χ2n) is 5.42. The van der Waals surface area contributed by atoms with Crippen LogP contribution in [0.15, 0.2) is 24.3 Å². The van der Waals surface area contributed by atoms with Gasteiger partial charge in [0.15, 0.2) is 0 Å². The van der Waals surface area contributed by atoms with Crippen LogP contribution in [0.25, 0.3) is 0 Å². The third kappa shape index (κ3) is 3.42. The number of aliphatic carboxylic acids is 1. The molecule has 1 aromatic carbocycles. The van der Waals surface area contributed by atoms with Crippen molar-refractivity contribution in [1.29, 1.82) is 0 Å². The van der Waals surface area contributed by atoms with Crippen LogP contribution in [-0.2, 0) is 14.3 Å². The summed E-state index contributed by atoms with van der Waals surface area (Å²) in [4.78, 5) is 25.4. The van der Waals surface area contributed by atoms with Crippen molar-refractivity contribution in [3.8, 4) is 0 Å². The Kier molecular flexibility index (Phi) is 4.96. The first-order chi connectivity index (χ1) is 10.0. The maximum atomic E-state index is 12.2. The molecule has 21 heavy (non-hydrogen) atoms. The number of amides is 1. The highest BCUT2D eigenvalue weighted by Gasteiger charge is 2.40. The highest BCUT2D eigenvalue weighted by molar-refractivity contribution is 5.81. The number of benzene rings is 1. The molecule has 1 amide bonds. The van der Waals surface area contributed by atoms with E-state index >= 15 is 0 Å². The van der Waals surface area contributed by atoms with Gasteiger partial charge in [-0.15, -0.1) is 0 Å². The number of nitrogens with zero attached hydrogens (tertiary/aromatic N) is 1. The fraction of sp³-hybridized carbons (Fsp3) is 0.500. The lowest BCUT2D eigenvalue weighted by Gasteiger charge is -2.39. The Morgan fingerprint density at radius 1 is 1.48 bits per heavy atom. The van der Waals surface area contributed by atoms with Crippen molar-refractivity contribution in [2.45, 2.75) is 25.8 Å². The van der Waals surface area contributed by atoms with Crippen molar-refractivity contribution >= 4 is 11.9 Å². The molecular weight excluding hydrogens is 270 g/mol. The first kappa shape index (κ1) is 15.5. The van der Waals surface area contributed by atoms with Crippen LogP contribution in [0.5, 0.6) is 0 Å². The number of carboxylic acids is 1. The monoisotopic (exact) mass is 291 g/mol. The van der Waals surface area contributed by atoms with Gasteiger partial charge in [-0.2, -0.15) is 0 Å². The van der Waals surface area contributed by atoms with E-state index in [2.05, 4.69) is 0 Å². The SMILES string of the molecule is COCCN1C(=O)CCC(C(=O)O)C1c1cccc(C)c1. The molecule has 0 bridgehead atoms. The molecule has 1 aliphatic rings. The van der Waals surface area contributed by atoms with Crippen LogP contribution >= 0.6 is 0 Å². The summed E-state index contributed by atoms with van der Waals surface area (Å²) >= 11 is 0. The Labute approximate surface area is 124 Å². The highest BCUT2D eigenvalue weighted by atomic mass is 16.5. The van der Waals surface area contributed by atoms with Crippen LogP contribution in [0.4, 0.5) is 0 Å². The zero-order valence-electron chi connectivity index (χ0n) is 12.4. The number of hydrogen-bond donors (Lipinski definition) is 1. The number of aryl methyl sites for hydroxylation is 1. The minimum absolute atomic E-state index is 0.00365. The van der Waals surface area contributed by atoms with Crippen molar-refractivity contribution in [1.82, 2.24) is 4.90 Å². The Hall–Kier alpha value is -1.88. The largest absolute Gasteiger partial charge is 0.481 e. The molecule has 1 aliphatic heterocycles. The minimum Gasteiger partial charge on any atom is -0.481 e. The highest BCUT2D eigenvalue weighted by Crippen LogP contribution is 2.37. The van der Waals surface area contributed by atoms with Gasteiger partial charge in [0, 0.05) is 20.1 Å². The normalized spacial score (nSPS) is 22.4. The zero-order chi connectivity index (χ0) is 15.4. The number of carbonyl (C=O) groups is 2. The van der Waals surface area contributed by atoms with E-state index in [4.69, 9.17) is 4.74 Å². The van der Waals surface area contributed by atoms with Gasteiger partial charge in [-0.3, -0.25) is 9.59 Å².